The topological polar surface area (TPSA) is 84.2 Å². The molecule has 0 aliphatic rings. The molecule has 1 aromatic carbocycles. The predicted molar refractivity (Wildman–Crippen MR) is 66.4 cm³/mol. The Balaban J connectivity index is 2.79. The number of amides is 3. The monoisotopic (exact) mass is 253 g/mol. The van der Waals surface area contributed by atoms with Crippen LogP contribution in [-0.4, -0.2) is 18.0 Å². The first kappa shape index (κ1) is 14.0. The molecule has 4 N–H and O–H groups in total. The second kappa shape index (κ2) is 6.00. The lowest BCUT2D eigenvalue weighted by atomic mass is 10.0. The van der Waals surface area contributed by atoms with Gasteiger partial charge in [0.25, 0.3) is 0 Å². The second-order valence-corrected chi connectivity index (χ2v) is 4.20. The molecule has 6 heteroatoms. The van der Waals surface area contributed by atoms with E-state index in [4.69, 9.17) is 5.73 Å². The molecule has 0 fully saturated rings. The number of anilines is 1. The van der Waals surface area contributed by atoms with Crippen molar-refractivity contribution in [3.05, 3.63) is 30.1 Å². The van der Waals surface area contributed by atoms with E-state index in [-0.39, 0.29) is 11.6 Å². The van der Waals surface area contributed by atoms with E-state index in [0.717, 1.165) is 0 Å². The van der Waals surface area contributed by atoms with Crippen molar-refractivity contribution in [1.29, 1.82) is 0 Å². The molecule has 0 radical (unpaired) electrons. The molecule has 0 heterocycles. The third kappa shape index (κ3) is 3.73. The summed E-state index contributed by atoms with van der Waals surface area (Å²) in [4.78, 5) is 22.7. The highest BCUT2D eigenvalue weighted by molar-refractivity contribution is 5.97. The van der Waals surface area contributed by atoms with E-state index in [9.17, 15) is 14.0 Å². The van der Waals surface area contributed by atoms with Crippen LogP contribution in [0.2, 0.25) is 0 Å². The van der Waals surface area contributed by atoms with Gasteiger partial charge in [-0.1, -0.05) is 26.0 Å². The molecule has 0 aromatic heterocycles. The van der Waals surface area contributed by atoms with Gasteiger partial charge in [0.05, 0.1) is 5.69 Å². The second-order valence-electron chi connectivity index (χ2n) is 4.20. The highest BCUT2D eigenvalue weighted by Gasteiger charge is 2.23. The zero-order chi connectivity index (χ0) is 13.7. The van der Waals surface area contributed by atoms with Gasteiger partial charge in [0.15, 0.2) is 0 Å². The third-order valence-electron chi connectivity index (χ3n) is 2.38. The first-order chi connectivity index (χ1) is 8.41. The molecule has 0 unspecified atom stereocenters. The maximum Gasteiger partial charge on any atom is 0.312 e. The molecule has 18 heavy (non-hydrogen) atoms. The number of rotatable bonds is 4. The van der Waals surface area contributed by atoms with Crippen LogP contribution < -0.4 is 16.4 Å². The highest BCUT2D eigenvalue weighted by Crippen LogP contribution is 2.14. The molecule has 98 valence electrons. The average molecular weight is 253 g/mol. The predicted octanol–water partition coefficient (Wildman–Crippen LogP) is 1.46. The van der Waals surface area contributed by atoms with Crippen molar-refractivity contribution in [2.24, 2.45) is 11.7 Å². The van der Waals surface area contributed by atoms with Crippen LogP contribution in [0.4, 0.5) is 14.9 Å². The minimum Gasteiger partial charge on any atom is -0.352 e. The Bertz CT molecular complexity index is 449. The Morgan fingerprint density at radius 3 is 2.39 bits per heavy atom. The van der Waals surface area contributed by atoms with Crippen LogP contribution in [0.5, 0.6) is 0 Å². The maximum absolute atomic E-state index is 13.4. The van der Waals surface area contributed by atoms with Crippen molar-refractivity contribution in [2.75, 3.05) is 5.32 Å². The Kier molecular flexibility index (Phi) is 4.65. The van der Waals surface area contributed by atoms with E-state index in [2.05, 4.69) is 10.6 Å². The van der Waals surface area contributed by atoms with Crippen LogP contribution in [0.1, 0.15) is 13.8 Å². The molecule has 0 spiro atoms. The fourth-order valence-electron chi connectivity index (χ4n) is 1.46. The van der Waals surface area contributed by atoms with Gasteiger partial charge >= 0.3 is 6.03 Å². The molecule has 0 saturated carbocycles. The van der Waals surface area contributed by atoms with Gasteiger partial charge in [-0.25, -0.2) is 9.18 Å². The summed E-state index contributed by atoms with van der Waals surface area (Å²) in [6.45, 7) is 3.50. The lowest BCUT2D eigenvalue weighted by Gasteiger charge is -2.20. The van der Waals surface area contributed by atoms with E-state index >= 15 is 0 Å². The summed E-state index contributed by atoms with van der Waals surface area (Å²) >= 11 is 0. The number of primary amides is 1. The third-order valence-corrected chi connectivity index (χ3v) is 2.38. The van der Waals surface area contributed by atoms with Crippen molar-refractivity contribution in [3.8, 4) is 0 Å². The van der Waals surface area contributed by atoms with Crippen LogP contribution in [0.3, 0.4) is 0 Å². The summed E-state index contributed by atoms with van der Waals surface area (Å²) in [6.07, 6.45) is 0. The van der Waals surface area contributed by atoms with Crippen molar-refractivity contribution in [3.63, 3.8) is 0 Å². The number of benzene rings is 1. The molecule has 1 atom stereocenters. The van der Waals surface area contributed by atoms with Gasteiger partial charge < -0.3 is 16.4 Å². The lowest BCUT2D eigenvalue weighted by Crippen LogP contribution is -2.49. The summed E-state index contributed by atoms with van der Waals surface area (Å²) < 4.78 is 13.4. The number of nitrogens with two attached hydrogens (primary N) is 1. The van der Waals surface area contributed by atoms with Gasteiger partial charge in [0, 0.05) is 0 Å². The SMILES string of the molecule is CC(C)[C@@H](NC(N)=O)C(=O)Nc1ccccc1F. The molecule has 1 rings (SSSR count). The van der Waals surface area contributed by atoms with Crippen molar-refractivity contribution >= 4 is 17.6 Å². The zero-order valence-electron chi connectivity index (χ0n) is 10.2. The first-order valence-electron chi connectivity index (χ1n) is 5.53. The van der Waals surface area contributed by atoms with E-state index in [1.54, 1.807) is 19.9 Å². The van der Waals surface area contributed by atoms with Gasteiger partial charge in [-0.3, -0.25) is 4.79 Å². The van der Waals surface area contributed by atoms with Crippen molar-refractivity contribution < 1.29 is 14.0 Å². The van der Waals surface area contributed by atoms with Crippen LogP contribution in [0.15, 0.2) is 24.3 Å². The zero-order valence-corrected chi connectivity index (χ0v) is 10.2. The Hall–Kier alpha value is -2.11. The fourth-order valence-corrected chi connectivity index (χ4v) is 1.46. The number of hydrogen-bond donors (Lipinski definition) is 3. The van der Waals surface area contributed by atoms with E-state index in [0.29, 0.717) is 0 Å². The molecule has 0 aliphatic heterocycles. The molecular weight excluding hydrogens is 237 g/mol. The van der Waals surface area contributed by atoms with Gasteiger partial charge in [-0.2, -0.15) is 0 Å². The van der Waals surface area contributed by atoms with Gasteiger partial charge in [-0.05, 0) is 18.1 Å². The quantitative estimate of drug-likeness (QED) is 0.759. The molecule has 5 nitrogen and oxygen atoms in total. The molecular formula is C12H16FN3O2. The highest BCUT2D eigenvalue weighted by atomic mass is 19.1. The normalized spacial score (nSPS) is 12.0. The van der Waals surface area contributed by atoms with Crippen LogP contribution in [0.25, 0.3) is 0 Å². The van der Waals surface area contributed by atoms with Crippen LogP contribution >= 0.6 is 0 Å². The van der Waals surface area contributed by atoms with Gasteiger partial charge in [-0.15, -0.1) is 0 Å². The van der Waals surface area contributed by atoms with E-state index < -0.39 is 23.8 Å². The first-order valence-corrected chi connectivity index (χ1v) is 5.53. The number of halogens is 1. The summed E-state index contributed by atoms with van der Waals surface area (Å²) in [5, 5.41) is 4.74. The minimum atomic E-state index is -0.804. The minimum absolute atomic E-state index is 0.0689. The molecule has 0 bridgehead atoms. The molecule has 0 saturated heterocycles. The largest absolute Gasteiger partial charge is 0.352 e. The lowest BCUT2D eigenvalue weighted by molar-refractivity contribution is -0.118. The summed E-state index contributed by atoms with van der Waals surface area (Å²) in [5.41, 5.74) is 5.06. The maximum atomic E-state index is 13.4. The number of carbonyl (C=O) groups is 2. The number of urea groups is 1. The number of hydrogen-bond acceptors (Lipinski definition) is 2. The van der Waals surface area contributed by atoms with Gasteiger partial charge in [0.2, 0.25) is 5.91 Å². The van der Waals surface area contributed by atoms with Crippen molar-refractivity contribution in [1.82, 2.24) is 5.32 Å². The summed E-state index contributed by atoms with van der Waals surface area (Å²) in [6, 6.07) is 4.20. The van der Waals surface area contributed by atoms with Crippen LogP contribution in [0, 0.1) is 11.7 Å². The Labute approximate surface area is 105 Å². The standard InChI is InChI=1S/C12H16FN3O2/c1-7(2)10(16-12(14)18)11(17)15-9-6-4-3-5-8(9)13/h3-7,10H,1-2H3,(H,15,17)(H3,14,16,18)/t10-/m1/s1. The van der Waals surface area contributed by atoms with E-state index in [1.165, 1.54) is 18.2 Å². The summed E-state index contributed by atoms with van der Waals surface area (Å²) in [5.74, 6) is -1.20. The number of para-hydroxylation sites is 1. The van der Waals surface area contributed by atoms with Crippen LogP contribution in [-0.2, 0) is 4.79 Å². The average Bonchev–Trinajstić information content (AvgIpc) is 2.28. The van der Waals surface area contributed by atoms with Gasteiger partial charge in [0.1, 0.15) is 11.9 Å². The Morgan fingerprint density at radius 1 is 1.28 bits per heavy atom. The molecule has 0 aliphatic carbocycles. The number of nitrogens with one attached hydrogen (secondary N) is 2. The van der Waals surface area contributed by atoms with Crippen molar-refractivity contribution in [2.45, 2.75) is 19.9 Å². The Morgan fingerprint density at radius 2 is 1.89 bits per heavy atom. The smallest absolute Gasteiger partial charge is 0.312 e. The fraction of sp³-hybridized carbons (Fsp3) is 0.333. The van der Waals surface area contributed by atoms with E-state index in [1.807, 2.05) is 0 Å². The molecule has 3 amide bonds. The molecule has 1 aromatic rings. The summed E-state index contributed by atoms with van der Waals surface area (Å²) in [7, 11) is 0. The number of carbonyl (C=O) groups excluding carboxylic acids is 2.